The van der Waals surface area contributed by atoms with Gasteiger partial charge in [0.25, 0.3) is 5.91 Å². The van der Waals surface area contributed by atoms with E-state index in [0.717, 1.165) is 10.6 Å². The number of rotatable bonds is 1. The molecule has 68 valence electrons. The van der Waals surface area contributed by atoms with E-state index in [9.17, 15) is 9.90 Å². The Kier molecular flexibility index (Phi) is 2.01. The molecule has 0 aromatic heterocycles. The van der Waals surface area contributed by atoms with Crippen molar-refractivity contribution >= 4 is 23.4 Å². The summed E-state index contributed by atoms with van der Waals surface area (Å²) in [5.74, 6) is -0.340. The van der Waals surface area contributed by atoms with Crippen LogP contribution in [0.2, 0.25) is 0 Å². The molecule has 3 nitrogen and oxygen atoms in total. The van der Waals surface area contributed by atoms with Gasteiger partial charge in [-0.15, -0.1) is 11.8 Å². The summed E-state index contributed by atoms with van der Waals surface area (Å²) in [5, 5.41) is 12.0. The van der Waals surface area contributed by atoms with Gasteiger partial charge in [0.15, 0.2) is 6.10 Å². The van der Waals surface area contributed by atoms with Gasteiger partial charge in [0.05, 0.1) is 0 Å². The number of benzene rings is 1. The van der Waals surface area contributed by atoms with Crippen molar-refractivity contribution in [2.75, 3.05) is 11.6 Å². The van der Waals surface area contributed by atoms with Crippen molar-refractivity contribution in [1.29, 1.82) is 0 Å². The fourth-order valence-corrected chi connectivity index (χ4v) is 1.79. The van der Waals surface area contributed by atoms with Crippen molar-refractivity contribution in [2.24, 2.45) is 0 Å². The van der Waals surface area contributed by atoms with Crippen LogP contribution in [0.4, 0.5) is 5.69 Å². The van der Waals surface area contributed by atoms with Gasteiger partial charge in [-0.2, -0.15) is 0 Å². The van der Waals surface area contributed by atoms with E-state index in [4.69, 9.17) is 0 Å². The molecule has 0 fully saturated rings. The summed E-state index contributed by atoms with van der Waals surface area (Å²) in [6.45, 7) is 0. The fourth-order valence-electron chi connectivity index (χ4n) is 1.35. The van der Waals surface area contributed by atoms with Gasteiger partial charge in [-0.05, 0) is 18.4 Å². The van der Waals surface area contributed by atoms with Crippen molar-refractivity contribution in [3.05, 3.63) is 23.8 Å². The monoisotopic (exact) mass is 195 g/mol. The van der Waals surface area contributed by atoms with Crippen LogP contribution in [-0.2, 0) is 4.79 Å². The minimum absolute atomic E-state index is 0.340. The van der Waals surface area contributed by atoms with Crippen molar-refractivity contribution in [3.63, 3.8) is 0 Å². The second-order valence-corrected chi connectivity index (χ2v) is 3.72. The van der Waals surface area contributed by atoms with Crippen LogP contribution in [-0.4, -0.2) is 17.3 Å². The summed E-state index contributed by atoms with van der Waals surface area (Å²) < 4.78 is 0. The zero-order valence-corrected chi connectivity index (χ0v) is 7.89. The van der Waals surface area contributed by atoms with Crippen LogP contribution in [0.5, 0.6) is 0 Å². The number of carbonyl (C=O) groups is 1. The normalized spacial score (nSPS) is 19.8. The first kappa shape index (κ1) is 8.59. The van der Waals surface area contributed by atoms with Crippen LogP contribution in [0.1, 0.15) is 11.7 Å². The molecule has 1 aromatic rings. The van der Waals surface area contributed by atoms with Gasteiger partial charge in [-0.25, -0.2) is 0 Å². The third-order valence-electron chi connectivity index (χ3n) is 2.06. The van der Waals surface area contributed by atoms with Crippen LogP contribution in [0, 0.1) is 0 Å². The van der Waals surface area contributed by atoms with Gasteiger partial charge >= 0.3 is 0 Å². The number of aliphatic hydroxyl groups excluding tert-OH is 1. The molecule has 1 aliphatic rings. The molecule has 1 aromatic carbocycles. The molecule has 0 saturated heterocycles. The number of amides is 1. The van der Waals surface area contributed by atoms with Crippen molar-refractivity contribution in [1.82, 2.24) is 0 Å². The molecule has 0 radical (unpaired) electrons. The average Bonchev–Trinajstić information content (AvgIpc) is 2.42. The molecule has 0 spiro atoms. The molecule has 0 bridgehead atoms. The molecule has 0 saturated carbocycles. The number of carbonyl (C=O) groups excluding carboxylic acids is 1. The minimum atomic E-state index is -0.995. The molecule has 1 unspecified atom stereocenters. The number of anilines is 1. The van der Waals surface area contributed by atoms with E-state index in [0.29, 0.717) is 5.56 Å². The zero-order chi connectivity index (χ0) is 9.42. The Morgan fingerprint density at radius 2 is 2.31 bits per heavy atom. The fraction of sp³-hybridized carbons (Fsp3) is 0.222. The second-order valence-electron chi connectivity index (χ2n) is 2.84. The lowest BCUT2D eigenvalue weighted by Crippen LogP contribution is -2.10. The van der Waals surface area contributed by atoms with Gasteiger partial charge in [0.2, 0.25) is 0 Å². The Hall–Kier alpha value is -1.00. The van der Waals surface area contributed by atoms with Crippen molar-refractivity contribution in [2.45, 2.75) is 11.0 Å². The Morgan fingerprint density at radius 3 is 3.00 bits per heavy atom. The first-order valence-corrected chi connectivity index (χ1v) is 5.11. The maximum absolute atomic E-state index is 11.1. The quantitative estimate of drug-likeness (QED) is 0.666. The third-order valence-corrected chi connectivity index (χ3v) is 2.79. The Labute approximate surface area is 80.1 Å². The van der Waals surface area contributed by atoms with Crippen LogP contribution in [0.25, 0.3) is 0 Å². The van der Waals surface area contributed by atoms with Gasteiger partial charge in [0.1, 0.15) is 0 Å². The molecular formula is C9H9NO2S. The van der Waals surface area contributed by atoms with Gasteiger partial charge in [-0.3, -0.25) is 4.79 Å². The summed E-state index contributed by atoms with van der Waals surface area (Å²) in [6.07, 6.45) is 0.973. The van der Waals surface area contributed by atoms with Gasteiger partial charge < -0.3 is 10.4 Å². The second kappa shape index (κ2) is 3.05. The summed E-state index contributed by atoms with van der Waals surface area (Å²) >= 11 is 1.60. The topological polar surface area (TPSA) is 49.3 Å². The minimum Gasteiger partial charge on any atom is -0.378 e. The van der Waals surface area contributed by atoms with E-state index in [-0.39, 0.29) is 5.91 Å². The van der Waals surface area contributed by atoms with E-state index in [2.05, 4.69) is 5.32 Å². The van der Waals surface area contributed by atoms with Crippen LogP contribution in [0.15, 0.2) is 23.1 Å². The summed E-state index contributed by atoms with van der Waals surface area (Å²) in [6, 6.07) is 5.55. The molecule has 0 aliphatic carbocycles. The summed E-state index contributed by atoms with van der Waals surface area (Å²) in [4.78, 5) is 12.1. The van der Waals surface area contributed by atoms with Crippen LogP contribution in [0.3, 0.4) is 0 Å². The number of hydrogen-bond donors (Lipinski definition) is 2. The molecule has 4 heteroatoms. The largest absolute Gasteiger partial charge is 0.378 e. The molecule has 1 atom stereocenters. The van der Waals surface area contributed by atoms with Crippen LogP contribution >= 0.6 is 11.8 Å². The molecule has 1 amide bonds. The standard InChI is InChI=1S/C9H9NO2S/c1-13-5-2-3-6-7(4-5)10-9(12)8(6)11/h2-4,8,11H,1H3,(H,10,12). The van der Waals surface area contributed by atoms with Crippen LogP contribution < -0.4 is 5.32 Å². The molecule has 2 rings (SSSR count). The number of hydrogen-bond acceptors (Lipinski definition) is 3. The van der Waals surface area contributed by atoms with E-state index in [1.807, 2.05) is 18.4 Å². The zero-order valence-electron chi connectivity index (χ0n) is 7.07. The number of thioether (sulfide) groups is 1. The SMILES string of the molecule is CSc1ccc2c(c1)NC(=O)C2O. The first-order valence-electron chi connectivity index (χ1n) is 3.89. The summed E-state index contributed by atoms with van der Waals surface area (Å²) in [5.41, 5.74) is 1.40. The Bertz CT molecular complexity index is 365. The lowest BCUT2D eigenvalue weighted by atomic mass is 10.1. The number of nitrogens with one attached hydrogen (secondary N) is 1. The maximum Gasteiger partial charge on any atom is 0.257 e. The summed E-state index contributed by atoms with van der Waals surface area (Å²) in [7, 11) is 0. The number of aliphatic hydroxyl groups is 1. The highest BCUT2D eigenvalue weighted by molar-refractivity contribution is 7.98. The Morgan fingerprint density at radius 1 is 1.54 bits per heavy atom. The Balaban J connectivity index is 2.46. The van der Waals surface area contributed by atoms with E-state index >= 15 is 0 Å². The van der Waals surface area contributed by atoms with E-state index in [1.54, 1.807) is 17.8 Å². The lowest BCUT2D eigenvalue weighted by Gasteiger charge is -2.01. The van der Waals surface area contributed by atoms with Crippen molar-refractivity contribution in [3.8, 4) is 0 Å². The first-order chi connectivity index (χ1) is 6.22. The molecule has 1 heterocycles. The molecule has 2 N–H and O–H groups in total. The third kappa shape index (κ3) is 1.32. The van der Waals surface area contributed by atoms with Gasteiger partial charge in [0, 0.05) is 16.1 Å². The molecular weight excluding hydrogens is 186 g/mol. The van der Waals surface area contributed by atoms with E-state index < -0.39 is 6.10 Å². The lowest BCUT2D eigenvalue weighted by molar-refractivity contribution is -0.123. The highest BCUT2D eigenvalue weighted by Gasteiger charge is 2.28. The maximum atomic E-state index is 11.1. The highest BCUT2D eigenvalue weighted by atomic mass is 32.2. The smallest absolute Gasteiger partial charge is 0.257 e. The van der Waals surface area contributed by atoms with E-state index in [1.165, 1.54) is 0 Å². The molecule has 1 aliphatic heterocycles. The highest BCUT2D eigenvalue weighted by Crippen LogP contribution is 2.33. The predicted octanol–water partition coefficient (Wildman–Crippen LogP) is 1.39. The molecule has 13 heavy (non-hydrogen) atoms. The predicted molar refractivity (Wildman–Crippen MR) is 51.8 cm³/mol. The number of fused-ring (bicyclic) bond motifs is 1. The average molecular weight is 195 g/mol. The van der Waals surface area contributed by atoms with Gasteiger partial charge in [-0.1, -0.05) is 6.07 Å². The van der Waals surface area contributed by atoms with Crippen molar-refractivity contribution < 1.29 is 9.90 Å².